The molecule has 1 aromatic heterocycles. The minimum atomic E-state index is 0.606. The van der Waals surface area contributed by atoms with E-state index < -0.39 is 0 Å². The highest BCUT2D eigenvalue weighted by molar-refractivity contribution is 5.91. The zero-order valence-corrected chi connectivity index (χ0v) is 15.7. The van der Waals surface area contributed by atoms with Crippen LogP contribution in [0.4, 0.5) is 5.69 Å². The molecule has 4 heteroatoms. The van der Waals surface area contributed by atoms with Crippen LogP contribution < -0.4 is 10.1 Å². The third-order valence-electron chi connectivity index (χ3n) is 4.44. The van der Waals surface area contributed by atoms with E-state index in [1.807, 2.05) is 24.4 Å². The maximum Gasteiger partial charge on any atom is 0.121 e. The van der Waals surface area contributed by atoms with Crippen molar-refractivity contribution in [1.29, 1.82) is 0 Å². The number of nitrogens with zero attached hydrogens (tertiary/aromatic N) is 2. The first-order valence-electron chi connectivity index (χ1n) is 8.95. The largest absolute Gasteiger partial charge is 0.497 e. The van der Waals surface area contributed by atoms with Crippen molar-refractivity contribution in [2.75, 3.05) is 32.1 Å². The number of rotatable bonds is 9. The van der Waals surface area contributed by atoms with Crippen molar-refractivity contribution in [2.24, 2.45) is 5.92 Å². The van der Waals surface area contributed by atoms with Crippen LogP contribution in [0.5, 0.6) is 5.75 Å². The van der Waals surface area contributed by atoms with Crippen LogP contribution in [0.25, 0.3) is 10.9 Å². The lowest BCUT2D eigenvalue weighted by molar-refractivity contribution is 0.189. The molecule has 24 heavy (non-hydrogen) atoms. The summed E-state index contributed by atoms with van der Waals surface area (Å²) in [7, 11) is 1.70. The van der Waals surface area contributed by atoms with Gasteiger partial charge >= 0.3 is 0 Å². The quantitative estimate of drug-likeness (QED) is 0.739. The van der Waals surface area contributed by atoms with Gasteiger partial charge in [0.2, 0.25) is 0 Å². The molecule has 0 amide bonds. The first-order chi connectivity index (χ1) is 11.5. The molecule has 0 spiro atoms. The van der Waals surface area contributed by atoms with Gasteiger partial charge in [0.05, 0.1) is 18.3 Å². The Labute approximate surface area is 146 Å². The van der Waals surface area contributed by atoms with Gasteiger partial charge < -0.3 is 10.1 Å². The number of hydrogen-bond donors (Lipinski definition) is 1. The second-order valence-electron chi connectivity index (χ2n) is 6.82. The molecule has 1 aromatic carbocycles. The van der Waals surface area contributed by atoms with Crippen LogP contribution >= 0.6 is 0 Å². The molecule has 4 nitrogen and oxygen atoms in total. The van der Waals surface area contributed by atoms with Crippen molar-refractivity contribution in [3.8, 4) is 5.75 Å². The molecule has 0 bridgehead atoms. The summed E-state index contributed by atoms with van der Waals surface area (Å²) in [6.07, 6.45) is 3.01. The Bertz CT molecular complexity index is 642. The van der Waals surface area contributed by atoms with E-state index in [0.29, 0.717) is 12.0 Å². The predicted molar refractivity (Wildman–Crippen MR) is 103 cm³/mol. The van der Waals surface area contributed by atoms with E-state index in [9.17, 15) is 0 Å². The molecule has 0 fully saturated rings. The Morgan fingerprint density at radius 2 is 2.04 bits per heavy atom. The fourth-order valence-electron chi connectivity index (χ4n) is 2.97. The van der Waals surface area contributed by atoms with Gasteiger partial charge in [0.15, 0.2) is 0 Å². The van der Waals surface area contributed by atoms with Crippen LogP contribution in [0, 0.1) is 5.92 Å². The molecule has 0 aliphatic carbocycles. The fraction of sp³-hybridized carbons (Fsp3) is 0.550. The Hall–Kier alpha value is -1.81. The summed E-state index contributed by atoms with van der Waals surface area (Å²) in [5.41, 5.74) is 2.04. The molecule has 0 aliphatic rings. The number of hydrogen-bond acceptors (Lipinski definition) is 4. The summed E-state index contributed by atoms with van der Waals surface area (Å²) in [6.45, 7) is 12.2. The van der Waals surface area contributed by atoms with Crippen molar-refractivity contribution >= 4 is 16.6 Å². The van der Waals surface area contributed by atoms with Crippen molar-refractivity contribution < 1.29 is 4.74 Å². The number of aromatic nitrogens is 1. The van der Waals surface area contributed by atoms with E-state index in [1.165, 1.54) is 6.42 Å². The number of nitrogens with one attached hydrogen (secondary N) is 1. The summed E-state index contributed by atoms with van der Waals surface area (Å²) < 4.78 is 5.42. The fourth-order valence-corrected chi connectivity index (χ4v) is 2.97. The molecule has 0 saturated heterocycles. The van der Waals surface area contributed by atoms with Crippen LogP contribution in [0.3, 0.4) is 0 Å². The second kappa shape index (κ2) is 8.88. The molecule has 2 rings (SSSR count). The zero-order valence-electron chi connectivity index (χ0n) is 15.7. The van der Waals surface area contributed by atoms with Crippen LogP contribution in [0.15, 0.2) is 30.5 Å². The van der Waals surface area contributed by atoms with E-state index in [1.54, 1.807) is 7.11 Å². The smallest absolute Gasteiger partial charge is 0.121 e. The second-order valence-corrected chi connectivity index (χ2v) is 6.82. The Morgan fingerprint density at radius 1 is 1.25 bits per heavy atom. The van der Waals surface area contributed by atoms with Crippen molar-refractivity contribution in [3.63, 3.8) is 0 Å². The summed E-state index contributed by atoms with van der Waals surface area (Å²) in [5, 5.41) is 4.66. The molecule has 2 aromatic rings. The molecule has 0 unspecified atom stereocenters. The standard InChI is InChI=1S/C20H31N3O/c1-6-16(4)23(14-15(2)3)11-10-21-19-13-18(24-5)12-17-8-7-9-22-20(17)19/h7-9,12-13,15-16,21H,6,10-11,14H2,1-5H3/t16-/m1/s1. The highest BCUT2D eigenvalue weighted by Crippen LogP contribution is 2.27. The lowest BCUT2D eigenvalue weighted by Crippen LogP contribution is -2.38. The number of anilines is 1. The molecule has 0 aliphatic heterocycles. The van der Waals surface area contributed by atoms with Gasteiger partial charge in [-0.2, -0.15) is 0 Å². The Kier molecular flexibility index (Phi) is 6.85. The maximum absolute atomic E-state index is 5.42. The summed E-state index contributed by atoms with van der Waals surface area (Å²) in [6, 6.07) is 8.69. The van der Waals surface area contributed by atoms with E-state index in [4.69, 9.17) is 4.74 Å². The topological polar surface area (TPSA) is 37.4 Å². The number of ether oxygens (including phenoxy) is 1. The van der Waals surface area contributed by atoms with Crippen molar-refractivity contribution in [3.05, 3.63) is 30.5 Å². The van der Waals surface area contributed by atoms with Gasteiger partial charge in [-0.25, -0.2) is 0 Å². The van der Waals surface area contributed by atoms with Gasteiger partial charge in [-0.05, 0) is 31.4 Å². The van der Waals surface area contributed by atoms with Gasteiger partial charge in [-0.1, -0.05) is 26.8 Å². The first-order valence-corrected chi connectivity index (χ1v) is 8.95. The third kappa shape index (κ3) is 4.84. The lowest BCUT2D eigenvalue weighted by Gasteiger charge is -2.30. The van der Waals surface area contributed by atoms with E-state index in [-0.39, 0.29) is 0 Å². The van der Waals surface area contributed by atoms with Gasteiger partial charge in [0, 0.05) is 43.3 Å². The highest BCUT2D eigenvalue weighted by Gasteiger charge is 2.13. The highest BCUT2D eigenvalue weighted by atomic mass is 16.5. The zero-order chi connectivity index (χ0) is 17.5. The molecular formula is C20H31N3O. The molecule has 0 radical (unpaired) electrons. The van der Waals surface area contributed by atoms with Gasteiger partial charge in [-0.3, -0.25) is 9.88 Å². The average molecular weight is 329 g/mol. The van der Waals surface area contributed by atoms with Gasteiger partial charge in [0.1, 0.15) is 5.75 Å². The van der Waals surface area contributed by atoms with Crippen LogP contribution in [0.2, 0.25) is 0 Å². The number of fused-ring (bicyclic) bond motifs is 1. The SMILES string of the molecule is CC[C@@H](C)N(CCNc1cc(OC)cc2cccnc12)CC(C)C. The molecule has 1 atom stereocenters. The minimum Gasteiger partial charge on any atom is -0.497 e. The third-order valence-corrected chi connectivity index (χ3v) is 4.44. The number of pyridine rings is 1. The molecule has 132 valence electrons. The minimum absolute atomic E-state index is 0.606. The molecular weight excluding hydrogens is 298 g/mol. The lowest BCUT2D eigenvalue weighted by atomic mass is 10.1. The summed E-state index contributed by atoms with van der Waals surface area (Å²) in [5.74, 6) is 1.54. The number of benzene rings is 1. The van der Waals surface area contributed by atoms with Gasteiger partial charge in [0.25, 0.3) is 0 Å². The summed E-state index contributed by atoms with van der Waals surface area (Å²) >= 11 is 0. The Balaban J connectivity index is 2.09. The number of methoxy groups -OCH3 is 1. The van der Waals surface area contributed by atoms with E-state index >= 15 is 0 Å². The van der Waals surface area contributed by atoms with E-state index in [0.717, 1.165) is 42.0 Å². The van der Waals surface area contributed by atoms with Crippen molar-refractivity contribution in [1.82, 2.24) is 9.88 Å². The summed E-state index contributed by atoms with van der Waals surface area (Å²) in [4.78, 5) is 7.09. The molecule has 0 saturated carbocycles. The van der Waals surface area contributed by atoms with Crippen LogP contribution in [-0.4, -0.2) is 42.7 Å². The van der Waals surface area contributed by atoms with E-state index in [2.05, 4.69) is 49.0 Å². The average Bonchev–Trinajstić information content (AvgIpc) is 2.59. The molecule has 1 N–H and O–H groups in total. The maximum atomic E-state index is 5.42. The van der Waals surface area contributed by atoms with Crippen LogP contribution in [-0.2, 0) is 0 Å². The van der Waals surface area contributed by atoms with Crippen molar-refractivity contribution in [2.45, 2.75) is 40.2 Å². The Morgan fingerprint density at radius 3 is 2.71 bits per heavy atom. The monoisotopic (exact) mass is 329 g/mol. The van der Waals surface area contributed by atoms with Crippen LogP contribution in [0.1, 0.15) is 34.1 Å². The predicted octanol–water partition coefficient (Wildman–Crippen LogP) is 4.41. The molecule has 1 heterocycles. The normalized spacial score (nSPS) is 12.8. The van der Waals surface area contributed by atoms with Gasteiger partial charge in [-0.15, -0.1) is 0 Å². The first kappa shape index (κ1) is 18.5.